The summed E-state index contributed by atoms with van der Waals surface area (Å²) in [6, 6.07) is 0. The number of halogens is 3. The molecule has 3 nitrogen and oxygen atoms in total. The number of amidine groups is 1. The molecule has 0 spiro atoms. The lowest BCUT2D eigenvalue weighted by atomic mass is 10.1. The number of rotatable bonds is 0. The first-order valence-corrected chi connectivity index (χ1v) is 5.12. The average molecular weight is 222 g/mol. The van der Waals surface area contributed by atoms with Gasteiger partial charge in [-0.15, -0.1) is 0 Å². The van der Waals surface area contributed by atoms with Gasteiger partial charge in [0, 0.05) is 13.1 Å². The molecule has 6 heteroatoms. The van der Waals surface area contributed by atoms with Crippen LogP contribution in [-0.4, -0.2) is 36.1 Å². The zero-order valence-corrected chi connectivity index (χ0v) is 8.26. The molecule has 2 aliphatic heterocycles. The SMILES string of the molecule is FC(F)(F)C1CC(N2CCCCC2)=NO1. The van der Waals surface area contributed by atoms with Crippen LogP contribution in [0.15, 0.2) is 5.16 Å². The van der Waals surface area contributed by atoms with Crippen molar-refractivity contribution in [2.45, 2.75) is 38.0 Å². The molecule has 1 unspecified atom stereocenters. The van der Waals surface area contributed by atoms with E-state index in [4.69, 9.17) is 0 Å². The molecule has 1 fully saturated rings. The Morgan fingerprint density at radius 2 is 1.87 bits per heavy atom. The Morgan fingerprint density at radius 1 is 1.20 bits per heavy atom. The summed E-state index contributed by atoms with van der Waals surface area (Å²) in [5.74, 6) is 0.456. The highest BCUT2D eigenvalue weighted by Gasteiger charge is 2.46. The van der Waals surface area contributed by atoms with Crippen molar-refractivity contribution in [3.8, 4) is 0 Å². The van der Waals surface area contributed by atoms with E-state index < -0.39 is 12.3 Å². The number of piperidine rings is 1. The molecule has 15 heavy (non-hydrogen) atoms. The van der Waals surface area contributed by atoms with E-state index >= 15 is 0 Å². The Kier molecular flexibility index (Phi) is 2.75. The van der Waals surface area contributed by atoms with Gasteiger partial charge in [-0.05, 0) is 19.3 Å². The van der Waals surface area contributed by atoms with Crippen LogP contribution in [0.4, 0.5) is 13.2 Å². The summed E-state index contributed by atoms with van der Waals surface area (Å²) in [6.45, 7) is 1.60. The van der Waals surface area contributed by atoms with Crippen LogP contribution in [0.25, 0.3) is 0 Å². The van der Waals surface area contributed by atoms with E-state index in [9.17, 15) is 13.2 Å². The highest BCUT2D eigenvalue weighted by Crippen LogP contribution is 2.30. The van der Waals surface area contributed by atoms with Gasteiger partial charge in [-0.3, -0.25) is 0 Å². The van der Waals surface area contributed by atoms with Crippen LogP contribution in [0.2, 0.25) is 0 Å². The maximum absolute atomic E-state index is 12.3. The number of hydrogen-bond donors (Lipinski definition) is 0. The molecule has 1 atom stereocenters. The molecule has 0 amide bonds. The van der Waals surface area contributed by atoms with E-state index in [2.05, 4.69) is 9.99 Å². The first kappa shape index (κ1) is 10.6. The van der Waals surface area contributed by atoms with Gasteiger partial charge in [0.1, 0.15) is 5.84 Å². The van der Waals surface area contributed by atoms with Gasteiger partial charge in [0.05, 0.1) is 6.42 Å². The molecule has 0 aromatic heterocycles. The largest absolute Gasteiger partial charge is 0.428 e. The lowest BCUT2D eigenvalue weighted by molar-refractivity contribution is -0.212. The van der Waals surface area contributed by atoms with Crippen molar-refractivity contribution < 1.29 is 18.0 Å². The zero-order chi connectivity index (χ0) is 10.9. The second-order valence-corrected chi connectivity index (χ2v) is 3.90. The van der Waals surface area contributed by atoms with Gasteiger partial charge in [-0.2, -0.15) is 13.2 Å². The van der Waals surface area contributed by atoms with Crippen LogP contribution in [0.1, 0.15) is 25.7 Å². The zero-order valence-electron chi connectivity index (χ0n) is 8.26. The van der Waals surface area contributed by atoms with E-state index in [1.807, 2.05) is 4.90 Å². The minimum Gasteiger partial charge on any atom is -0.381 e. The Hall–Kier alpha value is -0.940. The van der Waals surface area contributed by atoms with Crippen LogP contribution in [-0.2, 0) is 4.84 Å². The number of alkyl halides is 3. The lowest BCUT2D eigenvalue weighted by Gasteiger charge is -2.27. The smallest absolute Gasteiger partial charge is 0.381 e. The molecule has 86 valence electrons. The van der Waals surface area contributed by atoms with Crippen molar-refractivity contribution in [2.75, 3.05) is 13.1 Å². The fourth-order valence-corrected chi connectivity index (χ4v) is 1.88. The quantitative estimate of drug-likeness (QED) is 0.627. The van der Waals surface area contributed by atoms with Crippen LogP contribution >= 0.6 is 0 Å². The Labute approximate surface area is 85.9 Å². The number of nitrogens with zero attached hydrogens (tertiary/aromatic N) is 2. The highest BCUT2D eigenvalue weighted by molar-refractivity contribution is 5.83. The van der Waals surface area contributed by atoms with Crippen molar-refractivity contribution in [2.24, 2.45) is 5.16 Å². The van der Waals surface area contributed by atoms with Crippen LogP contribution in [0.5, 0.6) is 0 Å². The van der Waals surface area contributed by atoms with Gasteiger partial charge in [0.2, 0.25) is 6.10 Å². The third-order valence-corrected chi connectivity index (χ3v) is 2.74. The molecule has 0 saturated carbocycles. The summed E-state index contributed by atoms with van der Waals surface area (Å²) in [6.07, 6.45) is -2.99. The van der Waals surface area contributed by atoms with E-state index in [1.54, 1.807) is 0 Å². The Bertz CT molecular complexity index is 259. The fourth-order valence-electron chi connectivity index (χ4n) is 1.88. The van der Waals surface area contributed by atoms with Gasteiger partial charge in [0.15, 0.2) is 0 Å². The molecule has 0 bridgehead atoms. The van der Waals surface area contributed by atoms with Crippen molar-refractivity contribution >= 4 is 5.84 Å². The maximum atomic E-state index is 12.3. The average Bonchev–Trinajstić information content (AvgIpc) is 2.67. The standard InChI is InChI=1S/C9H13F3N2O/c10-9(11,12)7-6-8(13-15-7)14-4-2-1-3-5-14/h7H,1-6H2. The summed E-state index contributed by atoms with van der Waals surface area (Å²) >= 11 is 0. The minimum absolute atomic E-state index is 0.135. The normalized spacial score (nSPS) is 27.5. The summed E-state index contributed by atoms with van der Waals surface area (Å²) < 4.78 is 36.9. The van der Waals surface area contributed by atoms with Gasteiger partial charge in [-0.25, -0.2) is 0 Å². The van der Waals surface area contributed by atoms with Gasteiger partial charge in [0.25, 0.3) is 0 Å². The maximum Gasteiger partial charge on any atom is 0.428 e. The molecule has 1 saturated heterocycles. The van der Waals surface area contributed by atoms with Gasteiger partial charge in [-0.1, -0.05) is 5.16 Å². The topological polar surface area (TPSA) is 24.8 Å². The van der Waals surface area contributed by atoms with Crippen molar-refractivity contribution in [3.63, 3.8) is 0 Å². The van der Waals surface area contributed by atoms with Crippen LogP contribution in [0, 0.1) is 0 Å². The molecule has 0 N–H and O–H groups in total. The molecule has 2 aliphatic rings. The van der Waals surface area contributed by atoms with Crippen molar-refractivity contribution in [3.05, 3.63) is 0 Å². The number of oxime groups is 1. The van der Waals surface area contributed by atoms with Gasteiger partial charge >= 0.3 is 6.18 Å². The lowest BCUT2D eigenvalue weighted by Crippen LogP contribution is -2.37. The second-order valence-electron chi connectivity index (χ2n) is 3.90. The predicted molar refractivity (Wildman–Crippen MR) is 48.4 cm³/mol. The molecule has 2 heterocycles. The highest BCUT2D eigenvalue weighted by atomic mass is 19.4. The van der Waals surface area contributed by atoms with Gasteiger partial charge < -0.3 is 9.74 Å². The first-order chi connectivity index (χ1) is 7.07. The number of hydrogen-bond acceptors (Lipinski definition) is 3. The minimum atomic E-state index is -4.30. The first-order valence-electron chi connectivity index (χ1n) is 5.12. The monoisotopic (exact) mass is 222 g/mol. The Balaban J connectivity index is 1.91. The molecule has 0 aromatic rings. The summed E-state index contributed by atoms with van der Waals surface area (Å²) in [5.41, 5.74) is 0. The molecule has 2 rings (SSSR count). The van der Waals surface area contributed by atoms with Crippen LogP contribution < -0.4 is 0 Å². The number of likely N-dealkylation sites (tertiary alicyclic amines) is 1. The summed E-state index contributed by atoms with van der Waals surface area (Å²) in [5, 5.41) is 3.53. The fraction of sp³-hybridized carbons (Fsp3) is 0.889. The summed E-state index contributed by atoms with van der Waals surface area (Å²) in [4.78, 5) is 6.30. The molecular weight excluding hydrogens is 209 g/mol. The Morgan fingerprint density at radius 3 is 2.40 bits per heavy atom. The summed E-state index contributed by atoms with van der Waals surface area (Å²) in [7, 11) is 0. The third kappa shape index (κ3) is 2.35. The van der Waals surface area contributed by atoms with E-state index in [-0.39, 0.29) is 6.42 Å². The van der Waals surface area contributed by atoms with Crippen LogP contribution in [0.3, 0.4) is 0 Å². The molecule has 0 radical (unpaired) electrons. The predicted octanol–water partition coefficient (Wildman–Crippen LogP) is 2.14. The third-order valence-electron chi connectivity index (χ3n) is 2.74. The molecule has 0 aromatic carbocycles. The van der Waals surface area contributed by atoms with E-state index in [0.717, 1.165) is 32.4 Å². The van der Waals surface area contributed by atoms with Crippen molar-refractivity contribution in [1.29, 1.82) is 0 Å². The van der Waals surface area contributed by atoms with E-state index in [0.29, 0.717) is 5.84 Å². The second kappa shape index (κ2) is 3.90. The van der Waals surface area contributed by atoms with E-state index in [1.165, 1.54) is 0 Å². The molecule has 0 aliphatic carbocycles. The van der Waals surface area contributed by atoms with Crippen molar-refractivity contribution in [1.82, 2.24) is 4.90 Å². The molecular formula is C9H13F3N2O.